The fourth-order valence-corrected chi connectivity index (χ4v) is 3.87. The number of nitrogens with one attached hydrogen (secondary N) is 1. The van der Waals surface area contributed by atoms with Crippen molar-refractivity contribution < 1.29 is 0 Å². The summed E-state index contributed by atoms with van der Waals surface area (Å²) in [5.74, 6) is 0. The van der Waals surface area contributed by atoms with E-state index in [0.29, 0.717) is 6.04 Å². The van der Waals surface area contributed by atoms with Gasteiger partial charge in [0, 0.05) is 23.6 Å². The first-order valence-corrected chi connectivity index (χ1v) is 7.66. The maximum Gasteiger partial charge on any atom is 0.0541 e. The number of rotatable bonds is 3. The predicted octanol–water partition coefficient (Wildman–Crippen LogP) is 3.64. The van der Waals surface area contributed by atoms with Crippen LogP contribution < -0.4 is 10.2 Å². The second kappa shape index (κ2) is 6.07. The summed E-state index contributed by atoms with van der Waals surface area (Å²) >= 11 is 3.73. The van der Waals surface area contributed by atoms with Crippen molar-refractivity contribution >= 4 is 21.6 Å². The van der Waals surface area contributed by atoms with Crippen LogP contribution in [0.1, 0.15) is 30.9 Å². The molecule has 1 N–H and O–H groups in total. The van der Waals surface area contributed by atoms with Crippen LogP contribution in [0.5, 0.6) is 0 Å². The van der Waals surface area contributed by atoms with Gasteiger partial charge in [0.15, 0.2) is 0 Å². The number of nitrogens with zero attached hydrogens (tertiary/aromatic N) is 1. The lowest BCUT2D eigenvalue weighted by Gasteiger charge is -2.36. The van der Waals surface area contributed by atoms with Gasteiger partial charge in [-0.25, -0.2) is 0 Å². The molecular formula is C15H23BrN2. The molecule has 0 amide bonds. The van der Waals surface area contributed by atoms with Gasteiger partial charge in [0.1, 0.15) is 0 Å². The molecule has 0 bridgehead atoms. The van der Waals surface area contributed by atoms with Crippen LogP contribution in [0.2, 0.25) is 0 Å². The lowest BCUT2D eigenvalue weighted by molar-refractivity contribution is 0.431. The highest BCUT2D eigenvalue weighted by molar-refractivity contribution is 9.10. The van der Waals surface area contributed by atoms with E-state index >= 15 is 0 Å². The van der Waals surface area contributed by atoms with Gasteiger partial charge >= 0.3 is 0 Å². The highest BCUT2D eigenvalue weighted by atomic mass is 79.9. The number of piperidine rings is 1. The SMILES string of the molecule is CCNC1CCCN(c2c(C)cc(C)cc2Br)C1. The molecule has 2 rings (SSSR count). The Morgan fingerprint density at radius 2 is 2.17 bits per heavy atom. The first kappa shape index (κ1) is 13.9. The fraction of sp³-hybridized carbons (Fsp3) is 0.600. The van der Waals surface area contributed by atoms with E-state index in [0.717, 1.165) is 13.1 Å². The Morgan fingerprint density at radius 1 is 1.39 bits per heavy atom. The Bertz CT molecular complexity index is 392. The third kappa shape index (κ3) is 3.07. The molecule has 0 aliphatic carbocycles. The molecule has 1 atom stereocenters. The summed E-state index contributed by atoms with van der Waals surface area (Å²) in [6.07, 6.45) is 2.57. The van der Waals surface area contributed by atoms with Crippen LogP contribution in [0.3, 0.4) is 0 Å². The third-order valence-corrected chi connectivity index (χ3v) is 4.23. The molecule has 100 valence electrons. The van der Waals surface area contributed by atoms with Crippen LogP contribution in [0.15, 0.2) is 16.6 Å². The van der Waals surface area contributed by atoms with E-state index in [9.17, 15) is 0 Å². The molecule has 2 nitrogen and oxygen atoms in total. The molecule has 0 spiro atoms. The van der Waals surface area contributed by atoms with Crippen LogP contribution in [0, 0.1) is 13.8 Å². The minimum atomic E-state index is 0.636. The van der Waals surface area contributed by atoms with Crippen molar-refractivity contribution in [2.75, 3.05) is 24.5 Å². The summed E-state index contributed by atoms with van der Waals surface area (Å²) in [5, 5.41) is 3.58. The van der Waals surface area contributed by atoms with Crippen molar-refractivity contribution in [1.29, 1.82) is 0 Å². The van der Waals surface area contributed by atoms with Crippen LogP contribution in [0.25, 0.3) is 0 Å². The van der Waals surface area contributed by atoms with Crippen molar-refractivity contribution in [3.63, 3.8) is 0 Å². The number of benzene rings is 1. The molecule has 1 aliphatic rings. The molecule has 18 heavy (non-hydrogen) atoms. The van der Waals surface area contributed by atoms with Gasteiger partial charge in [-0.2, -0.15) is 0 Å². The number of halogens is 1. The number of hydrogen-bond acceptors (Lipinski definition) is 2. The molecule has 1 unspecified atom stereocenters. The van der Waals surface area contributed by atoms with Gasteiger partial charge in [-0.3, -0.25) is 0 Å². The molecule has 1 aromatic rings. The number of aryl methyl sites for hydroxylation is 2. The molecule has 0 saturated carbocycles. The lowest BCUT2D eigenvalue weighted by atomic mass is 10.0. The topological polar surface area (TPSA) is 15.3 Å². The van der Waals surface area contributed by atoms with Crippen molar-refractivity contribution in [2.45, 2.75) is 39.7 Å². The molecule has 1 saturated heterocycles. The van der Waals surface area contributed by atoms with E-state index in [4.69, 9.17) is 0 Å². The summed E-state index contributed by atoms with van der Waals surface area (Å²) in [6.45, 7) is 9.91. The van der Waals surface area contributed by atoms with Gasteiger partial charge in [-0.1, -0.05) is 13.0 Å². The number of likely N-dealkylation sites (N-methyl/N-ethyl adjacent to an activating group) is 1. The van der Waals surface area contributed by atoms with Crippen molar-refractivity contribution in [2.24, 2.45) is 0 Å². The van der Waals surface area contributed by atoms with Crippen molar-refractivity contribution in [1.82, 2.24) is 5.32 Å². The summed E-state index contributed by atoms with van der Waals surface area (Å²) in [4.78, 5) is 2.52. The zero-order chi connectivity index (χ0) is 13.1. The van der Waals surface area contributed by atoms with E-state index in [2.05, 4.69) is 59.1 Å². The van der Waals surface area contributed by atoms with E-state index in [1.54, 1.807) is 0 Å². The van der Waals surface area contributed by atoms with E-state index in [-0.39, 0.29) is 0 Å². The molecule has 1 aliphatic heterocycles. The fourth-order valence-electron chi connectivity index (χ4n) is 2.94. The first-order valence-electron chi connectivity index (χ1n) is 6.87. The maximum absolute atomic E-state index is 3.73. The van der Waals surface area contributed by atoms with Gasteiger partial charge < -0.3 is 10.2 Å². The Balaban J connectivity index is 2.20. The van der Waals surface area contributed by atoms with Gasteiger partial charge in [-0.05, 0) is 66.4 Å². The highest BCUT2D eigenvalue weighted by Gasteiger charge is 2.21. The predicted molar refractivity (Wildman–Crippen MR) is 82.5 cm³/mol. The van der Waals surface area contributed by atoms with E-state index in [1.165, 1.54) is 40.7 Å². The molecular weight excluding hydrogens is 288 g/mol. The van der Waals surface area contributed by atoms with Crippen molar-refractivity contribution in [3.05, 3.63) is 27.7 Å². The Labute approximate surface area is 119 Å². The monoisotopic (exact) mass is 310 g/mol. The quantitative estimate of drug-likeness (QED) is 0.917. The first-order chi connectivity index (χ1) is 8.61. The van der Waals surface area contributed by atoms with Gasteiger partial charge in [0.2, 0.25) is 0 Å². The average Bonchev–Trinajstić information content (AvgIpc) is 2.28. The molecule has 1 aromatic carbocycles. The van der Waals surface area contributed by atoms with E-state index in [1.807, 2.05) is 0 Å². The number of hydrogen-bond donors (Lipinski definition) is 1. The Hall–Kier alpha value is -0.540. The lowest BCUT2D eigenvalue weighted by Crippen LogP contribution is -2.46. The second-order valence-electron chi connectivity index (χ2n) is 5.26. The van der Waals surface area contributed by atoms with Gasteiger partial charge in [0.25, 0.3) is 0 Å². The zero-order valence-electron chi connectivity index (χ0n) is 11.6. The van der Waals surface area contributed by atoms with Gasteiger partial charge in [-0.15, -0.1) is 0 Å². The summed E-state index contributed by atoms with van der Waals surface area (Å²) in [5.41, 5.74) is 4.07. The summed E-state index contributed by atoms with van der Waals surface area (Å²) < 4.78 is 1.23. The van der Waals surface area contributed by atoms with Crippen LogP contribution in [-0.2, 0) is 0 Å². The minimum Gasteiger partial charge on any atom is -0.369 e. The molecule has 3 heteroatoms. The van der Waals surface area contributed by atoms with Crippen LogP contribution >= 0.6 is 15.9 Å². The Morgan fingerprint density at radius 3 is 2.83 bits per heavy atom. The smallest absolute Gasteiger partial charge is 0.0541 e. The molecule has 1 fully saturated rings. The summed E-state index contributed by atoms with van der Waals surface area (Å²) in [6, 6.07) is 5.13. The molecule has 1 heterocycles. The standard InChI is InChI=1S/C15H23BrN2/c1-4-17-13-6-5-7-18(10-13)15-12(3)8-11(2)9-14(15)16/h8-9,13,17H,4-7,10H2,1-3H3. The highest BCUT2D eigenvalue weighted by Crippen LogP contribution is 2.33. The largest absolute Gasteiger partial charge is 0.369 e. The van der Waals surface area contributed by atoms with Crippen molar-refractivity contribution in [3.8, 4) is 0 Å². The van der Waals surface area contributed by atoms with Crippen LogP contribution in [-0.4, -0.2) is 25.7 Å². The molecule has 0 radical (unpaired) electrons. The average molecular weight is 311 g/mol. The normalized spacial score (nSPS) is 20.2. The third-order valence-electron chi connectivity index (χ3n) is 3.63. The van der Waals surface area contributed by atoms with Gasteiger partial charge in [0.05, 0.1) is 5.69 Å². The second-order valence-corrected chi connectivity index (χ2v) is 6.11. The maximum atomic E-state index is 3.73. The van der Waals surface area contributed by atoms with E-state index < -0.39 is 0 Å². The minimum absolute atomic E-state index is 0.636. The number of anilines is 1. The Kier molecular flexibility index (Phi) is 4.68. The summed E-state index contributed by atoms with van der Waals surface area (Å²) in [7, 11) is 0. The molecule has 0 aromatic heterocycles. The van der Waals surface area contributed by atoms with Crippen LogP contribution in [0.4, 0.5) is 5.69 Å². The zero-order valence-corrected chi connectivity index (χ0v) is 13.2.